The first-order valence-electron chi connectivity index (χ1n) is 22.8. The summed E-state index contributed by atoms with van der Waals surface area (Å²) in [5.74, 6) is 0.842. The summed E-state index contributed by atoms with van der Waals surface area (Å²) in [5, 5.41) is 0. The van der Waals surface area contributed by atoms with E-state index in [0.717, 1.165) is 94.8 Å². The molecule has 2 fully saturated rings. The van der Waals surface area contributed by atoms with Crippen LogP contribution in [0.3, 0.4) is 0 Å². The molecule has 0 amide bonds. The number of hydrogen-bond donors (Lipinski definition) is 2. The van der Waals surface area contributed by atoms with Crippen LogP contribution in [-0.2, 0) is 37.9 Å². The van der Waals surface area contributed by atoms with Crippen molar-refractivity contribution in [3.63, 3.8) is 0 Å². The average Bonchev–Trinajstić information content (AvgIpc) is 3.37. The third-order valence-corrected chi connectivity index (χ3v) is 14.7. The first-order chi connectivity index (χ1) is 33.0. The van der Waals surface area contributed by atoms with Gasteiger partial charge < -0.3 is 14.5 Å². The maximum absolute atomic E-state index is 13.0. The van der Waals surface area contributed by atoms with E-state index in [2.05, 4.69) is 48.0 Å². The second-order valence-corrected chi connectivity index (χ2v) is 20.6. The third-order valence-electron chi connectivity index (χ3n) is 11.9. The number of hydrogen-bond acceptors (Lipinski definition) is 12. The molecule has 0 unspecified atom stereocenters. The summed E-state index contributed by atoms with van der Waals surface area (Å²) < 4.78 is 63.0. The van der Waals surface area contributed by atoms with Crippen molar-refractivity contribution in [2.75, 3.05) is 36.0 Å². The predicted octanol–water partition coefficient (Wildman–Crippen LogP) is 9.04. The van der Waals surface area contributed by atoms with E-state index in [0.29, 0.717) is 11.4 Å². The molecule has 2 N–H and O–H groups in total. The molecule has 4 aromatic heterocycles. The van der Waals surface area contributed by atoms with E-state index in [4.69, 9.17) is 14.7 Å². The number of nitrogens with one attached hydrogen (secondary N) is 2. The van der Waals surface area contributed by atoms with Crippen molar-refractivity contribution in [1.82, 2.24) is 34.4 Å². The van der Waals surface area contributed by atoms with Crippen LogP contribution in [0.4, 0.5) is 11.5 Å². The molecule has 0 aliphatic carbocycles. The lowest BCUT2D eigenvalue weighted by Gasteiger charge is -2.37. The van der Waals surface area contributed by atoms with Crippen LogP contribution >= 0.6 is 0 Å². The molecule has 352 valence electrons. The maximum atomic E-state index is 13.0. The van der Waals surface area contributed by atoms with Gasteiger partial charge in [-0.1, -0.05) is 84.9 Å². The molecule has 2 aliphatic rings. The summed E-state index contributed by atoms with van der Waals surface area (Å²) in [6, 6.07) is 42.2. The maximum Gasteiger partial charge on any atom is 0.240 e. The van der Waals surface area contributed by atoms with E-state index in [-0.39, 0.29) is 37.9 Å². The number of rotatable bonds is 12. The molecule has 16 heteroatoms. The van der Waals surface area contributed by atoms with Gasteiger partial charge in [0.25, 0.3) is 0 Å². The predicted molar refractivity (Wildman–Crippen MR) is 271 cm³/mol. The van der Waals surface area contributed by atoms with Crippen LogP contribution in [0.1, 0.15) is 47.1 Å². The Labute approximate surface area is 400 Å². The molecule has 8 aromatic rings. The van der Waals surface area contributed by atoms with Gasteiger partial charge in [-0.2, -0.15) is 0 Å². The number of pyridine rings is 3. The first kappa shape index (κ1) is 46.4. The summed E-state index contributed by atoms with van der Waals surface area (Å²) in [6.07, 6.45) is 7.14. The third kappa shape index (κ3) is 11.0. The van der Waals surface area contributed by atoms with Crippen LogP contribution in [0.25, 0.3) is 44.6 Å². The normalized spacial score (nSPS) is 16.6. The molecule has 68 heavy (non-hydrogen) atoms. The van der Waals surface area contributed by atoms with Crippen molar-refractivity contribution >= 4 is 53.6 Å². The lowest BCUT2D eigenvalue weighted by Crippen LogP contribution is -2.45. The summed E-state index contributed by atoms with van der Waals surface area (Å²) in [5.41, 5.74) is 8.77. The topological polar surface area (TPSA) is 172 Å². The lowest BCUT2D eigenvalue weighted by molar-refractivity contribution is -0.00514. The van der Waals surface area contributed by atoms with E-state index in [1.165, 1.54) is 6.42 Å². The fraction of sp³-hybridized carbons (Fsp3) is 0.250. The van der Waals surface area contributed by atoms with Gasteiger partial charge in [0.15, 0.2) is 5.82 Å². The molecule has 0 saturated carbocycles. The quantitative estimate of drug-likeness (QED) is 0.119. The number of piperidine rings is 1. The molecule has 10 rings (SSSR count). The Morgan fingerprint density at radius 1 is 0.574 bits per heavy atom. The van der Waals surface area contributed by atoms with Crippen molar-refractivity contribution in [2.45, 2.75) is 68.2 Å². The van der Waals surface area contributed by atoms with Gasteiger partial charge in [-0.15, -0.1) is 0 Å². The van der Waals surface area contributed by atoms with Crippen LogP contribution in [-0.4, -0.2) is 80.1 Å². The van der Waals surface area contributed by atoms with E-state index in [1.807, 2.05) is 103 Å². The van der Waals surface area contributed by atoms with Crippen LogP contribution in [0, 0.1) is 0 Å². The molecule has 0 bridgehead atoms. The summed E-state index contributed by atoms with van der Waals surface area (Å²) in [7, 11) is -7.35. The van der Waals surface area contributed by atoms with Crippen molar-refractivity contribution in [2.24, 2.45) is 0 Å². The smallest absolute Gasteiger partial charge is 0.240 e. The SMILES string of the molecule is C[C@@H]1CN(c2ccnc3ccc(-c4cccc(S(=O)(=O)NCc5ccccc5)c4)nc23)C[C@H](C)O1.O=S(=O)(NCc1ccccc1)c1cccc(-c2ccc3ncnc(N4CCCCC4)c3n2)c1.[HH].[HH]. The molecular weight excluding hydrogens is 895 g/mol. The van der Waals surface area contributed by atoms with Crippen molar-refractivity contribution in [1.29, 1.82) is 0 Å². The van der Waals surface area contributed by atoms with Gasteiger partial charge in [-0.25, -0.2) is 46.2 Å². The number of aromatic nitrogens is 5. The Morgan fingerprint density at radius 3 is 1.66 bits per heavy atom. The van der Waals surface area contributed by atoms with Gasteiger partial charge in [0, 0.05) is 59.4 Å². The van der Waals surface area contributed by atoms with E-state index >= 15 is 0 Å². The monoisotopic (exact) mass is 951 g/mol. The van der Waals surface area contributed by atoms with Crippen LogP contribution in [0.5, 0.6) is 0 Å². The Hall–Kier alpha value is -6.69. The first-order valence-corrected chi connectivity index (χ1v) is 25.8. The zero-order chi connectivity index (χ0) is 47.1. The van der Waals surface area contributed by atoms with Gasteiger partial charge in [0.2, 0.25) is 20.0 Å². The Bertz CT molecular complexity index is 3250. The van der Waals surface area contributed by atoms with Gasteiger partial charge in [0.1, 0.15) is 17.4 Å². The molecule has 4 aromatic carbocycles. The van der Waals surface area contributed by atoms with Gasteiger partial charge >= 0.3 is 0 Å². The minimum absolute atomic E-state index is 0. The minimum Gasteiger partial charge on any atom is -0.372 e. The van der Waals surface area contributed by atoms with Crippen molar-refractivity contribution in [3.8, 4) is 22.5 Å². The summed E-state index contributed by atoms with van der Waals surface area (Å²) >= 11 is 0. The molecule has 2 aliphatic heterocycles. The minimum atomic E-state index is -3.68. The van der Waals surface area contributed by atoms with E-state index in [1.54, 1.807) is 48.9 Å². The van der Waals surface area contributed by atoms with Crippen molar-refractivity contribution in [3.05, 3.63) is 163 Å². The molecule has 0 radical (unpaired) electrons. The van der Waals surface area contributed by atoms with Gasteiger partial charge in [-0.3, -0.25) is 4.98 Å². The molecule has 6 heterocycles. The molecule has 0 spiro atoms. The van der Waals surface area contributed by atoms with Gasteiger partial charge in [-0.05, 0) is 98.8 Å². The van der Waals surface area contributed by atoms with Crippen LogP contribution < -0.4 is 19.2 Å². The number of ether oxygens (including phenoxy) is 1. The number of benzene rings is 4. The van der Waals surface area contributed by atoms with Gasteiger partial charge in [0.05, 0.1) is 50.1 Å². The highest BCUT2D eigenvalue weighted by Gasteiger charge is 2.25. The average molecular weight is 952 g/mol. The van der Waals surface area contributed by atoms with Crippen LogP contribution in [0.2, 0.25) is 0 Å². The molecular formula is C52H57N9O5S2. The number of sulfonamides is 2. The Morgan fingerprint density at radius 2 is 1.10 bits per heavy atom. The highest BCUT2D eigenvalue weighted by Crippen LogP contribution is 2.31. The lowest BCUT2D eigenvalue weighted by atomic mass is 10.1. The van der Waals surface area contributed by atoms with Crippen LogP contribution in [0.15, 0.2) is 162 Å². The van der Waals surface area contributed by atoms with Crippen molar-refractivity contribution < 1.29 is 24.4 Å². The fourth-order valence-electron chi connectivity index (χ4n) is 8.59. The zero-order valence-electron chi connectivity index (χ0n) is 37.9. The second kappa shape index (κ2) is 20.7. The standard InChI is InChI=1S/C27H28N4O3S.C25H25N5O2S.2H2/c1-19-17-31(18-20(2)34-19)26-13-14-28-25-12-11-24(30-27(25)26)22-9-6-10-23(15-22)35(32,33)29-16-21-7-4-3-5-8-21;31-33(32,28-17-19-8-3-1-4-9-19)21-11-7-10-20(16-21)22-12-13-23-24(29-22)25(27-18-26-23)30-14-5-2-6-15-30;;/h3-15,19-20,29H,16-18H2,1-2H3;1,3-4,7-13,16,18,28H,2,5-6,14-15,17H2;2*1H/t19-,20+;;;. The Kier molecular flexibility index (Phi) is 14.1. The van der Waals surface area contributed by atoms with E-state index < -0.39 is 20.0 Å². The van der Waals surface area contributed by atoms with E-state index in [9.17, 15) is 16.8 Å². The summed E-state index contributed by atoms with van der Waals surface area (Å²) in [4.78, 5) is 28.1. The molecule has 2 saturated heterocycles. The highest BCUT2D eigenvalue weighted by molar-refractivity contribution is 7.89. The number of morpholine rings is 1. The zero-order valence-corrected chi connectivity index (χ0v) is 39.6. The largest absolute Gasteiger partial charge is 0.372 e. The number of anilines is 2. The number of nitrogens with zero attached hydrogens (tertiary/aromatic N) is 7. The Balaban J connectivity index is 0.000000201. The number of fused-ring (bicyclic) bond motifs is 2. The molecule has 2 atom stereocenters. The molecule has 14 nitrogen and oxygen atoms in total. The summed E-state index contributed by atoms with van der Waals surface area (Å²) in [6.45, 7) is 8.07. The fourth-order valence-corrected chi connectivity index (χ4v) is 10.7. The highest BCUT2D eigenvalue weighted by atomic mass is 32.2. The second-order valence-electron chi connectivity index (χ2n) is 17.0.